The average molecular weight is 368 g/mol. The molecule has 25 heavy (non-hydrogen) atoms. The fourth-order valence-corrected chi connectivity index (χ4v) is 3.91. The lowest BCUT2D eigenvalue weighted by Crippen LogP contribution is -2.47. The highest BCUT2D eigenvalue weighted by atomic mass is 32.2. The Hall–Kier alpha value is -1.97. The second kappa shape index (κ2) is 7.94. The summed E-state index contributed by atoms with van der Waals surface area (Å²) in [5, 5.41) is 5.46. The molecule has 2 N–H and O–H groups in total. The Morgan fingerprint density at radius 3 is 2.44 bits per heavy atom. The van der Waals surface area contributed by atoms with Crippen LogP contribution in [0.1, 0.15) is 19.8 Å². The lowest BCUT2D eigenvalue weighted by atomic mass is 9.98. The Balaban J connectivity index is 2.04. The minimum absolute atomic E-state index is 0.164. The highest BCUT2D eigenvalue weighted by Gasteiger charge is 2.33. The fraction of sp³-hybridized carbons (Fsp3) is 0.500. The molecular weight excluding hydrogens is 344 g/mol. The molecular formula is C16H24N4O4S. The molecule has 1 aromatic carbocycles. The Kier molecular flexibility index (Phi) is 6.15. The molecule has 1 aliphatic rings. The van der Waals surface area contributed by atoms with E-state index < -0.39 is 16.1 Å². The number of nitrogens with one attached hydrogen (secondary N) is 2. The maximum atomic E-state index is 12.5. The summed E-state index contributed by atoms with van der Waals surface area (Å²) in [4.78, 5) is 23.6. The molecule has 1 saturated heterocycles. The predicted molar refractivity (Wildman–Crippen MR) is 96.3 cm³/mol. The molecule has 1 atom stereocenters. The summed E-state index contributed by atoms with van der Waals surface area (Å²) in [6, 6.07) is 6.84. The molecule has 1 aliphatic heterocycles. The van der Waals surface area contributed by atoms with Crippen molar-refractivity contribution < 1.29 is 18.0 Å². The minimum atomic E-state index is -3.52. The van der Waals surface area contributed by atoms with E-state index in [1.54, 1.807) is 24.3 Å². The molecule has 0 bridgehead atoms. The van der Waals surface area contributed by atoms with E-state index in [0.717, 1.165) is 4.31 Å². The molecule has 0 radical (unpaired) electrons. The molecule has 0 saturated carbocycles. The summed E-state index contributed by atoms with van der Waals surface area (Å²) < 4.78 is 27.0. The quantitative estimate of drug-likeness (QED) is 0.813. The topological polar surface area (TPSA) is 98.8 Å². The summed E-state index contributed by atoms with van der Waals surface area (Å²) in [5.41, 5.74) is 1.15. The van der Waals surface area contributed by atoms with Crippen LogP contribution in [0, 0.1) is 5.92 Å². The molecule has 1 aromatic rings. The Bertz CT molecular complexity index is 748. The van der Waals surface area contributed by atoms with Gasteiger partial charge in [-0.3, -0.25) is 9.59 Å². The van der Waals surface area contributed by atoms with Crippen molar-refractivity contribution in [3.63, 3.8) is 0 Å². The summed E-state index contributed by atoms with van der Waals surface area (Å²) in [5.74, 6) is -0.827. The number of hydrogen-bond donors (Lipinski definition) is 2. The molecule has 138 valence electrons. The summed E-state index contributed by atoms with van der Waals surface area (Å²) >= 11 is 0. The SMILES string of the molecule is CC(=O)Nc1cccc(NC(=O)[C@@H]2CCCN(S(=O)(=O)N(C)C)C2)c1. The van der Waals surface area contributed by atoms with Crippen LogP contribution in [0.15, 0.2) is 24.3 Å². The van der Waals surface area contributed by atoms with Crippen molar-refractivity contribution >= 4 is 33.4 Å². The standard InChI is InChI=1S/C16H24N4O4S/c1-12(21)17-14-7-4-8-15(10-14)18-16(22)13-6-5-9-20(11-13)25(23,24)19(2)3/h4,7-8,10,13H,5-6,9,11H2,1-3H3,(H,17,21)(H,18,22)/t13-/m1/s1. The van der Waals surface area contributed by atoms with E-state index in [9.17, 15) is 18.0 Å². The van der Waals surface area contributed by atoms with Crippen LogP contribution in [-0.2, 0) is 19.8 Å². The van der Waals surface area contributed by atoms with Crippen LogP contribution in [-0.4, -0.2) is 56.0 Å². The van der Waals surface area contributed by atoms with Crippen LogP contribution in [0.25, 0.3) is 0 Å². The molecule has 0 unspecified atom stereocenters. The van der Waals surface area contributed by atoms with Gasteiger partial charge in [-0.2, -0.15) is 17.0 Å². The number of anilines is 2. The first-order valence-corrected chi connectivity index (χ1v) is 9.46. The van der Waals surface area contributed by atoms with E-state index in [4.69, 9.17) is 0 Å². The van der Waals surface area contributed by atoms with Crippen LogP contribution >= 0.6 is 0 Å². The van der Waals surface area contributed by atoms with Crippen LogP contribution in [0.5, 0.6) is 0 Å². The van der Waals surface area contributed by atoms with Gasteiger partial charge in [0, 0.05) is 45.5 Å². The fourth-order valence-electron chi connectivity index (χ4n) is 2.72. The van der Waals surface area contributed by atoms with Gasteiger partial charge in [-0.25, -0.2) is 0 Å². The van der Waals surface area contributed by atoms with Gasteiger partial charge in [0.15, 0.2) is 0 Å². The van der Waals surface area contributed by atoms with E-state index in [1.165, 1.54) is 25.3 Å². The van der Waals surface area contributed by atoms with Gasteiger partial charge in [0.05, 0.1) is 5.92 Å². The normalized spacial score (nSPS) is 18.8. The Morgan fingerprint density at radius 1 is 1.20 bits per heavy atom. The van der Waals surface area contributed by atoms with E-state index >= 15 is 0 Å². The van der Waals surface area contributed by atoms with Crippen molar-refractivity contribution in [1.82, 2.24) is 8.61 Å². The number of hydrogen-bond acceptors (Lipinski definition) is 4. The third kappa shape index (κ3) is 5.00. The monoisotopic (exact) mass is 368 g/mol. The molecule has 2 amide bonds. The zero-order valence-electron chi connectivity index (χ0n) is 14.7. The molecule has 1 fully saturated rings. The van der Waals surface area contributed by atoms with Crippen molar-refractivity contribution in [2.45, 2.75) is 19.8 Å². The van der Waals surface area contributed by atoms with Gasteiger partial charge in [0.25, 0.3) is 10.2 Å². The maximum absolute atomic E-state index is 12.5. The predicted octanol–water partition coefficient (Wildman–Crippen LogP) is 1.10. The van der Waals surface area contributed by atoms with Gasteiger partial charge in [0.1, 0.15) is 0 Å². The second-order valence-corrected chi connectivity index (χ2v) is 8.38. The first kappa shape index (κ1) is 19.4. The molecule has 0 aliphatic carbocycles. The average Bonchev–Trinajstić information content (AvgIpc) is 2.54. The van der Waals surface area contributed by atoms with E-state index in [2.05, 4.69) is 10.6 Å². The van der Waals surface area contributed by atoms with Crippen LogP contribution < -0.4 is 10.6 Å². The highest BCUT2D eigenvalue weighted by Crippen LogP contribution is 2.22. The lowest BCUT2D eigenvalue weighted by molar-refractivity contribution is -0.121. The number of benzene rings is 1. The van der Waals surface area contributed by atoms with Crippen molar-refractivity contribution in [3.8, 4) is 0 Å². The van der Waals surface area contributed by atoms with E-state index in [-0.39, 0.29) is 18.4 Å². The summed E-state index contributed by atoms with van der Waals surface area (Å²) in [7, 11) is -0.563. The van der Waals surface area contributed by atoms with Crippen LogP contribution in [0.3, 0.4) is 0 Å². The molecule has 0 aromatic heterocycles. The number of rotatable bonds is 5. The second-order valence-electron chi connectivity index (χ2n) is 6.24. The van der Waals surface area contributed by atoms with E-state index in [0.29, 0.717) is 30.8 Å². The van der Waals surface area contributed by atoms with Crippen molar-refractivity contribution in [2.75, 3.05) is 37.8 Å². The van der Waals surface area contributed by atoms with Crippen molar-refractivity contribution in [3.05, 3.63) is 24.3 Å². The zero-order chi connectivity index (χ0) is 18.6. The van der Waals surface area contributed by atoms with Gasteiger partial charge in [-0.05, 0) is 31.0 Å². The number of amides is 2. The van der Waals surface area contributed by atoms with Crippen LogP contribution in [0.4, 0.5) is 11.4 Å². The smallest absolute Gasteiger partial charge is 0.281 e. The van der Waals surface area contributed by atoms with Crippen LogP contribution in [0.2, 0.25) is 0 Å². The zero-order valence-corrected chi connectivity index (χ0v) is 15.5. The van der Waals surface area contributed by atoms with E-state index in [1.807, 2.05) is 0 Å². The molecule has 9 heteroatoms. The number of carbonyl (C=O) groups is 2. The first-order chi connectivity index (χ1) is 11.7. The summed E-state index contributed by atoms with van der Waals surface area (Å²) in [6.45, 7) is 1.99. The highest BCUT2D eigenvalue weighted by molar-refractivity contribution is 7.86. The van der Waals surface area contributed by atoms with Crippen molar-refractivity contribution in [1.29, 1.82) is 0 Å². The maximum Gasteiger partial charge on any atom is 0.281 e. The number of piperidine rings is 1. The van der Waals surface area contributed by atoms with Gasteiger partial charge < -0.3 is 10.6 Å². The Labute approximate surface area is 148 Å². The largest absolute Gasteiger partial charge is 0.326 e. The van der Waals surface area contributed by atoms with Gasteiger partial charge >= 0.3 is 0 Å². The van der Waals surface area contributed by atoms with Gasteiger partial charge in [-0.1, -0.05) is 6.07 Å². The molecule has 8 nitrogen and oxygen atoms in total. The van der Waals surface area contributed by atoms with Crippen molar-refractivity contribution in [2.24, 2.45) is 5.92 Å². The summed E-state index contributed by atoms with van der Waals surface area (Å²) in [6.07, 6.45) is 1.27. The van der Waals surface area contributed by atoms with Gasteiger partial charge in [0.2, 0.25) is 11.8 Å². The molecule has 2 rings (SSSR count). The third-order valence-corrected chi connectivity index (χ3v) is 5.90. The third-order valence-electron chi connectivity index (χ3n) is 3.99. The Morgan fingerprint density at radius 2 is 1.84 bits per heavy atom. The minimum Gasteiger partial charge on any atom is -0.326 e. The van der Waals surface area contributed by atoms with Gasteiger partial charge in [-0.15, -0.1) is 0 Å². The number of nitrogens with zero attached hydrogens (tertiary/aromatic N) is 2. The number of carbonyl (C=O) groups excluding carboxylic acids is 2. The lowest BCUT2D eigenvalue weighted by Gasteiger charge is -2.32. The molecule has 0 spiro atoms. The molecule has 1 heterocycles. The first-order valence-electron chi connectivity index (χ1n) is 8.06.